The first-order chi connectivity index (χ1) is 10.9. The Morgan fingerprint density at radius 3 is 2.78 bits per heavy atom. The molecule has 1 fully saturated rings. The minimum Gasteiger partial charge on any atom is -0.480 e. The Morgan fingerprint density at radius 2 is 2.09 bits per heavy atom. The number of aryl methyl sites for hydroxylation is 2. The molecule has 1 aromatic carbocycles. The molecule has 0 aliphatic carbocycles. The molecule has 0 spiro atoms. The van der Waals surface area contributed by atoms with E-state index in [0.29, 0.717) is 18.4 Å². The van der Waals surface area contributed by atoms with Gasteiger partial charge in [0.1, 0.15) is 5.75 Å². The van der Waals surface area contributed by atoms with Gasteiger partial charge in [-0.1, -0.05) is 6.07 Å². The summed E-state index contributed by atoms with van der Waals surface area (Å²) in [6.45, 7) is 11.6. The third-order valence-electron chi connectivity index (χ3n) is 5.26. The first kappa shape index (κ1) is 16.3. The lowest BCUT2D eigenvalue weighted by Crippen LogP contribution is -2.40. The molecule has 1 aromatic rings. The molecule has 2 heterocycles. The molecule has 0 saturated carbocycles. The fourth-order valence-electron chi connectivity index (χ4n) is 3.52. The Balaban J connectivity index is 1.51. The van der Waals surface area contributed by atoms with Gasteiger partial charge >= 0.3 is 0 Å². The van der Waals surface area contributed by atoms with Gasteiger partial charge in [-0.15, -0.1) is 0 Å². The van der Waals surface area contributed by atoms with Crippen LogP contribution in [0.4, 0.5) is 0 Å². The molecule has 1 saturated heterocycles. The highest BCUT2D eigenvalue weighted by Gasteiger charge is 2.31. The molecule has 0 bridgehead atoms. The largest absolute Gasteiger partial charge is 0.480 e. The van der Waals surface area contributed by atoms with Crippen molar-refractivity contribution in [3.8, 4) is 5.75 Å². The molecular weight excluding hydrogens is 288 g/mol. The maximum absolute atomic E-state index is 12.4. The van der Waals surface area contributed by atoms with Crippen LogP contribution in [-0.4, -0.2) is 42.6 Å². The highest BCUT2D eigenvalue weighted by molar-refractivity contribution is 5.82. The van der Waals surface area contributed by atoms with E-state index in [1.54, 1.807) is 0 Å². The molecule has 4 nitrogen and oxygen atoms in total. The van der Waals surface area contributed by atoms with Crippen LogP contribution in [0.5, 0.6) is 5.75 Å². The maximum atomic E-state index is 12.4. The van der Waals surface area contributed by atoms with Crippen LogP contribution in [-0.2, 0) is 11.2 Å². The zero-order valence-electron chi connectivity index (χ0n) is 14.7. The second-order valence-electron chi connectivity index (χ2n) is 7.34. The molecule has 2 aliphatic rings. The monoisotopic (exact) mass is 316 g/mol. The number of ether oxygens (including phenoxy) is 1. The summed E-state index contributed by atoms with van der Waals surface area (Å²) < 4.78 is 5.86. The van der Waals surface area contributed by atoms with E-state index >= 15 is 0 Å². The van der Waals surface area contributed by atoms with Gasteiger partial charge in [0.15, 0.2) is 6.10 Å². The van der Waals surface area contributed by atoms with Crippen molar-refractivity contribution < 1.29 is 9.53 Å². The van der Waals surface area contributed by atoms with E-state index in [4.69, 9.17) is 4.74 Å². The van der Waals surface area contributed by atoms with Gasteiger partial charge in [-0.3, -0.25) is 4.79 Å². The first-order valence-corrected chi connectivity index (χ1v) is 8.72. The van der Waals surface area contributed by atoms with Gasteiger partial charge in [-0.25, -0.2) is 0 Å². The number of likely N-dealkylation sites (tertiary alicyclic amines) is 1. The van der Waals surface area contributed by atoms with Gasteiger partial charge < -0.3 is 15.0 Å². The Hall–Kier alpha value is -1.55. The van der Waals surface area contributed by atoms with Crippen LogP contribution in [0, 0.1) is 19.8 Å². The molecule has 1 amide bonds. The lowest BCUT2D eigenvalue weighted by Gasteiger charge is -2.20. The van der Waals surface area contributed by atoms with E-state index in [2.05, 4.69) is 50.0 Å². The van der Waals surface area contributed by atoms with Crippen molar-refractivity contribution in [2.75, 3.05) is 19.6 Å². The van der Waals surface area contributed by atoms with E-state index < -0.39 is 0 Å². The fourth-order valence-corrected chi connectivity index (χ4v) is 3.52. The summed E-state index contributed by atoms with van der Waals surface area (Å²) in [4.78, 5) is 14.9. The van der Waals surface area contributed by atoms with Crippen LogP contribution >= 0.6 is 0 Å². The molecule has 126 valence electrons. The van der Waals surface area contributed by atoms with Crippen LogP contribution in [0.1, 0.15) is 37.0 Å². The summed E-state index contributed by atoms with van der Waals surface area (Å²) in [6.07, 6.45) is 1.49. The van der Waals surface area contributed by atoms with Crippen LogP contribution in [0.3, 0.4) is 0 Å². The fraction of sp³-hybridized carbons (Fsp3) is 0.632. The van der Waals surface area contributed by atoms with Crippen LogP contribution in [0.15, 0.2) is 12.1 Å². The van der Waals surface area contributed by atoms with Gasteiger partial charge in [0.05, 0.1) is 0 Å². The Kier molecular flexibility index (Phi) is 4.62. The number of hydrogen-bond acceptors (Lipinski definition) is 3. The third-order valence-corrected chi connectivity index (χ3v) is 5.26. The molecule has 0 radical (unpaired) electrons. The van der Waals surface area contributed by atoms with E-state index in [0.717, 1.165) is 30.9 Å². The molecule has 23 heavy (non-hydrogen) atoms. The molecule has 4 heteroatoms. The van der Waals surface area contributed by atoms with Crippen LogP contribution < -0.4 is 10.1 Å². The molecule has 2 aliphatic heterocycles. The van der Waals surface area contributed by atoms with Crippen molar-refractivity contribution in [1.82, 2.24) is 10.2 Å². The number of carbonyl (C=O) groups is 1. The first-order valence-electron chi connectivity index (χ1n) is 8.72. The smallest absolute Gasteiger partial charge is 0.261 e. The number of nitrogens with zero attached hydrogens (tertiary/aromatic N) is 1. The predicted molar refractivity (Wildman–Crippen MR) is 91.9 cm³/mol. The van der Waals surface area contributed by atoms with Gasteiger partial charge in [0.25, 0.3) is 5.91 Å². The molecule has 0 aromatic heterocycles. The number of benzene rings is 1. The number of rotatable bonds is 4. The van der Waals surface area contributed by atoms with Gasteiger partial charge in [-0.2, -0.15) is 0 Å². The minimum atomic E-state index is -0.367. The number of amides is 1. The third kappa shape index (κ3) is 3.52. The molecular formula is C19H28N2O2. The average molecular weight is 316 g/mol. The standard InChI is InChI=1S/C19H28N2O2/c1-12(2)21-6-5-15(11-21)10-20-19(22)18-9-16-7-13(3)14(4)8-17(16)23-18/h7-8,12,15,18H,5-6,9-11H2,1-4H3,(H,20,22)/t15-,18+/m0/s1. The zero-order chi connectivity index (χ0) is 16.6. The van der Waals surface area contributed by atoms with Gasteiger partial charge in [0, 0.05) is 25.6 Å². The van der Waals surface area contributed by atoms with E-state index in [-0.39, 0.29) is 12.0 Å². The summed E-state index contributed by atoms with van der Waals surface area (Å²) in [5, 5.41) is 3.10. The molecule has 3 rings (SSSR count). The lowest BCUT2D eigenvalue weighted by atomic mass is 10.0. The zero-order valence-corrected chi connectivity index (χ0v) is 14.7. The second-order valence-corrected chi connectivity index (χ2v) is 7.34. The van der Waals surface area contributed by atoms with Crippen LogP contribution in [0.2, 0.25) is 0 Å². The predicted octanol–water partition coefficient (Wildman–Crippen LogP) is 2.45. The molecule has 2 atom stereocenters. The number of fused-ring (bicyclic) bond motifs is 1. The van der Waals surface area contributed by atoms with Crippen molar-refractivity contribution >= 4 is 5.91 Å². The topological polar surface area (TPSA) is 41.6 Å². The van der Waals surface area contributed by atoms with Crippen molar-refractivity contribution in [3.63, 3.8) is 0 Å². The Morgan fingerprint density at radius 1 is 1.35 bits per heavy atom. The number of hydrogen-bond donors (Lipinski definition) is 1. The Bertz CT molecular complexity index is 566. The Labute approximate surface area is 139 Å². The van der Waals surface area contributed by atoms with Crippen LogP contribution in [0.25, 0.3) is 0 Å². The van der Waals surface area contributed by atoms with E-state index in [9.17, 15) is 4.79 Å². The van der Waals surface area contributed by atoms with Crippen molar-refractivity contribution in [1.29, 1.82) is 0 Å². The van der Waals surface area contributed by atoms with Crippen molar-refractivity contribution in [3.05, 3.63) is 28.8 Å². The SMILES string of the molecule is Cc1cc2c(cc1C)O[C@@H](C(=O)NC[C@@H]1CCN(C(C)C)C1)C2. The summed E-state index contributed by atoms with van der Waals surface area (Å²) in [7, 11) is 0. The summed E-state index contributed by atoms with van der Waals surface area (Å²) in [5.74, 6) is 1.47. The summed E-state index contributed by atoms with van der Waals surface area (Å²) in [6, 6.07) is 4.79. The number of nitrogens with one attached hydrogen (secondary N) is 1. The molecule has 1 N–H and O–H groups in total. The molecule has 0 unspecified atom stereocenters. The second kappa shape index (κ2) is 6.52. The summed E-state index contributed by atoms with van der Waals surface area (Å²) >= 11 is 0. The van der Waals surface area contributed by atoms with E-state index in [1.807, 2.05) is 0 Å². The average Bonchev–Trinajstić information content (AvgIpc) is 3.12. The number of carbonyl (C=O) groups excluding carboxylic acids is 1. The minimum absolute atomic E-state index is 0.0273. The maximum Gasteiger partial charge on any atom is 0.261 e. The summed E-state index contributed by atoms with van der Waals surface area (Å²) in [5.41, 5.74) is 3.62. The quantitative estimate of drug-likeness (QED) is 0.928. The van der Waals surface area contributed by atoms with Gasteiger partial charge in [-0.05, 0) is 69.3 Å². The highest BCUT2D eigenvalue weighted by Crippen LogP contribution is 2.31. The lowest BCUT2D eigenvalue weighted by molar-refractivity contribution is -0.127. The van der Waals surface area contributed by atoms with Gasteiger partial charge in [0.2, 0.25) is 0 Å². The van der Waals surface area contributed by atoms with Crippen molar-refractivity contribution in [2.24, 2.45) is 5.92 Å². The highest BCUT2D eigenvalue weighted by atomic mass is 16.5. The normalized spacial score (nSPS) is 23.9. The van der Waals surface area contributed by atoms with Crippen molar-refractivity contribution in [2.45, 2.75) is 52.7 Å². The van der Waals surface area contributed by atoms with E-state index in [1.165, 1.54) is 17.5 Å².